The smallest absolute Gasteiger partial charge is 0.410 e. The number of aromatic nitrogens is 1. The molecule has 2 N–H and O–H groups in total. The van der Waals surface area contributed by atoms with Gasteiger partial charge in [-0.05, 0) is 26.8 Å². The Morgan fingerprint density at radius 1 is 1.43 bits per heavy atom. The number of hydrogen-bond donors (Lipinski definition) is 2. The highest BCUT2D eigenvalue weighted by Gasteiger charge is 2.45. The van der Waals surface area contributed by atoms with Gasteiger partial charge in [-0.15, -0.1) is 0 Å². The minimum Gasteiger partial charge on any atom is -0.481 e. The molecule has 128 valence electrons. The zero-order chi connectivity index (χ0) is 17.3. The second-order valence-corrected chi connectivity index (χ2v) is 6.68. The molecule has 0 aliphatic carbocycles. The molecule has 2 atom stereocenters. The predicted molar refractivity (Wildman–Crippen MR) is 83.1 cm³/mol. The maximum atomic E-state index is 12.1. The van der Waals surface area contributed by atoms with E-state index in [1.54, 1.807) is 39.0 Å². The van der Waals surface area contributed by atoms with Crippen LogP contribution in [0.15, 0.2) is 18.2 Å². The molecule has 1 saturated heterocycles. The molecule has 1 aliphatic rings. The van der Waals surface area contributed by atoms with Crippen molar-refractivity contribution in [3.63, 3.8) is 0 Å². The first-order valence-corrected chi connectivity index (χ1v) is 7.55. The number of pyridine rings is 1. The summed E-state index contributed by atoms with van der Waals surface area (Å²) < 4.78 is 10.3. The van der Waals surface area contributed by atoms with Crippen LogP contribution in [0.3, 0.4) is 0 Å². The number of hydrogen-bond acceptors (Lipinski definition) is 6. The van der Waals surface area contributed by atoms with Crippen LogP contribution in [0.25, 0.3) is 0 Å². The number of ether oxygens (including phenoxy) is 2. The third-order valence-electron chi connectivity index (χ3n) is 3.74. The summed E-state index contributed by atoms with van der Waals surface area (Å²) in [5.74, 6) is 0.359. The van der Waals surface area contributed by atoms with Crippen molar-refractivity contribution in [1.29, 1.82) is 0 Å². The van der Waals surface area contributed by atoms with E-state index in [0.29, 0.717) is 11.6 Å². The fourth-order valence-corrected chi connectivity index (χ4v) is 2.48. The number of nitrogens with zero attached hydrogens (tertiary/aromatic N) is 2. The summed E-state index contributed by atoms with van der Waals surface area (Å²) in [4.78, 5) is 17.7. The van der Waals surface area contributed by atoms with E-state index in [-0.39, 0.29) is 19.5 Å². The van der Waals surface area contributed by atoms with Gasteiger partial charge in [-0.25, -0.2) is 9.78 Å². The summed E-state index contributed by atoms with van der Waals surface area (Å²) in [6.07, 6.45) is -1.51. The molecule has 0 aromatic carbocycles. The molecule has 23 heavy (non-hydrogen) atoms. The molecule has 0 spiro atoms. The predicted octanol–water partition coefficient (Wildman–Crippen LogP) is 1.28. The molecule has 2 rings (SSSR count). The summed E-state index contributed by atoms with van der Waals surface area (Å²) >= 11 is 0. The standard InChI is InChI=1S/C16H24N2O5/c1-15(2,3)23-14(20)18-9-8-16(21,12(19)10-18)11-6-5-7-13(17-11)22-4/h5-7,12,19,21H,8-10H2,1-4H3/t12-,16-/m0/s1. The molecule has 1 aromatic heterocycles. The van der Waals surface area contributed by atoms with E-state index < -0.39 is 23.4 Å². The van der Waals surface area contributed by atoms with Gasteiger partial charge in [0.25, 0.3) is 0 Å². The Hall–Kier alpha value is -1.86. The number of rotatable bonds is 2. The van der Waals surface area contributed by atoms with Crippen LogP contribution in [-0.2, 0) is 10.3 Å². The lowest BCUT2D eigenvalue weighted by Gasteiger charge is -2.41. The van der Waals surface area contributed by atoms with Gasteiger partial charge in [-0.3, -0.25) is 0 Å². The van der Waals surface area contributed by atoms with Gasteiger partial charge in [-0.2, -0.15) is 0 Å². The van der Waals surface area contributed by atoms with Crippen molar-refractivity contribution in [2.45, 2.75) is 44.5 Å². The average molecular weight is 324 g/mol. The monoisotopic (exact) mass is 324 g/mol. The molecule has 0 radical (unpaired) electrons. The van der Waals surface area contributed by atoms with Crippen LogP contribution in [0.5, 0.6) is 5.88 Å². The quantitative estimate of drug-likeness (QED) is 0.851. The molecule has 1 aromatic rings. The Bertz CT molecular complexity index is 572. The lowest BCUT2D eigenvalue weighted by Crippen LogP contribution is -2.56. The zero-order valence-electron chi connectivity index (χ0n) is 13.9. The number of aliphatic hydroxyl groups excluding tert-OH is 1. The average Bonchev–Trinajstić information content (AvgIpc) is 2.48. The Morgan fingerprint density at radius 2 is 2.13 bits per heavy atom. The van der Waals surface area contributed by atoms with Crippen molar-refractivity contribution >= 4 is 6.09 Å². The van der Waals surface area contributed by atoms with Crippen molar-refractivity contribution in [2.75, 3.05) is 20.2 Å². The minimum atomic E-state index is -1.52. The van der Waals surface area contributed by atoms with Gasteiger partial charge in [0.15, 0.2) is 0 Å². The first-order chi connectivity index (χ1) is 10.7. The second-order valence-electron chi connectivity index (χ2n) is 6.68. The second kappa shape index (κ2) is 6.33. The molecule has 0 unspecified atom stereocenters. The Kier molecular flexibility index (Phi) is 4.81. The number of likely N-dealkylation sites (tertiary alicyclic amines) is 1. The lowest BCUT2D eigenvalue weighted by atomic mass is 9.85. The molecular formula is C16H24N2O5. The number of carbonyl (C=O) groups excluding carboxylic acids is 1. The minimum absolute atomic E-state index is 0.0235. The van der Waals surface area contributed by atoms with Crippen LogP contribution in [0.2, 0.25) is 0 Å². The van der Waals surface area contributed by atoms with Crippen molar-refractivity contribution in [2.24, 2.45) is 0 Å². The zero-order valence-corrected chi connectivity index (χ0v) is 13.9. The van der Waals surface area contributed by atoms with Gasteiger partial charge >= 0.3 is 6.09 Å². The van der Waals surface area contributed by atoms with E-state index in [4.69, 9.17) is 9.47 Å². The fourth-order valence-electron chi connectivity index (χ4n) is 2.48. The maximum Gasteiger partial charge on any atom is 0.410 e. The Balaban J connectivity index is 2.12. The number of β-amino-alcohol motifs (C(OH)–C–C–N with tert-alkyl or cyclic N) is 1. The van der Waals surface area contributed by atoms with Gasteiger partial charge in [0.1, 0.15) is 17.3 Å². The molecule has 1 fully saturated rings. The topological polar surface area (TPSA) is 92.1 Å². The van der Waals surface area contributed by atoms with E-state index in [1.165, 1.54) is 12.0 Å². The molecule has 1 amide bonds. The SMILES string of the molecule is COc1cccc([C@@]2(O)CCN(C(=O)OC(C)(C)C)C[C@@H]2O)n1. The highest BCUT2D eigenvalue weighted by molar-refractivity contribution is 5.68. The van der Waals surface area contributed by atoms with Crippen molar-refractivity contribution in [3.05, 3.63) is 23.9 Å². The van der Waals surface area contributed by atoms with Crippen LogP contribution < -0.4 is 4.74 Å². The Morgan fingerprint density at radius 3 is 2.70 bits per heavy atom. The normalized spacial score (nSPS) is 25.1. The highest BCUT2D eigenvalue weighted by atomic mass is 16.6. The van der Waals surface area contributed by atoms with E-state index in [9.17, 15) is 15.0 Å². The van der Waals surface area contributed by atoms with E-state index in [0.717, 1.165) is 0 Å². The third-order valence-corrected chi connectivity index (χ3v) is 3.74. The van der Waals surface area contributed by atoms with Gasteiger partial charge in [-0.1, -0.05) is 6.07 Å². The van der Waals surface area contributed by atoms with E-state index in [1.807, 2.05) is 0 Å². The largest absolute Gasteiger partial charge is 0.481 e. The van der Waals surface area contributed by atoms with Gasteiger partial charge < -0.3 is 24.6 Å². The number of carbonyl (C=O) groups is 1. The summed E-state index contributed by atoms with van der Waals surface area (Å²) in [5.41, 5.74) is -1.80. The van der Waals surface area contributed by atoms with Crippen LogP contribution in [0.1, 0.15) is 32.9 Å². The molecule has 0 bridgehead atoms. The van der Waals surface area contributed by atoms with Crippen LogP contribution >= 0.6 is 0 Å². The first kappa shape index (κ1) is 17.5. The summed E-state index contributed by atoms with van der Waals surface area (Å²) in [6, 6.07) is 5.00. The van der Waals surface area contributed by atoms with Gasteiger partial charge in [0.05, 0.1) is 19.3 Å². The van der Waals surface area contributed by atoms with Crippen molar-refractivity contribution < 1.29 is 24.5 Å². The lowest BCUT2D eigenvalue weighted by molar-refractivity contribution is -0.125. The van der Waals surface area contributed by atoms with E-state index >= 15 is 0 Å². The molecule has 2 heterocycles. The first-order valence-electron chi connectivity index (χ1n) is 7.55. The maximum absolute atomic E-state index is 12.1. The van der Waals surface area contributed by atoms with Crippen LogP contribution in [0, 0.1) is 0 Å². The number of methoxy groups -OCH3 is 1. The Labute approximate surface area is 135 Å². The molecule has 7 heteroatoms. The highest BCUT2D eigenvalue weighted by Crippen LogP contribution is 2.33. The number of piperidine rings is 1. The van der Waals surface area contributed by atoms with E-state index in [2.05, 4.69) is 4.98 Å². The summed E-state index contributed by atoms with van der Waals surface area (Å²) in [5, 5.41) is 21.2. The van der Waals surface area contributed by atoms with Gasteiger partial charge in [0.2, 0.25) is 5.88 Å². The summed E-state index contributed by atoms with van der Waals surface area (Å²) in [6.45, 7) is 5.58. The van der Waals surface area contributed by atoms with Crippen molar-refractivity contribution in [1.82, 2.24) is 9.88 Å². The number of aliphatic hydroxyl groups is 2. The van der Waals surface area contributed by atoms with Crippen LogP contribution in [0.4, 0.5) is 4.79 Å². The third kappa shape index (κ3) is 3.92. The summed E-state index contributed by atoms with van der Waals surface area (Å²) in [7, 11) is 1.48. The van der Waals surface area contributed by atoms with Gasteiger partial charge in [0, 0.05) is 19.0 Å². The van der Waals surface area contributed by atoms with Crippen LogP contribution in [-0.4, -0.2) is 58.1 Å². The fraction of sp³-hybridized carbons (Fsp3) is 0.625. The molecular weight excluding hydrogens is 300 g/mol. The molecule has 7 nitrogen and oxygen atoms in total. The number of amides is 1. The molecule has 0 saturated carbocycles. The molecule has 1 aliphatic heterocycles. The van der Waals surface area contributed by atoms with Crippen molar-refractivity contribution in [3.8, 4) is 5.88 Å².